The first-order valence-electron chi connectivity index (χ1n) is 8.43. The zero-order chi connectivity index (χ0) is 14.2. The molecule has 1 N–H and O–H groups in total. The number of nitrogens with one attached hydrogen (secondary N) is 1. The van der Waals surface area contributed by atoms with E-state index in [9.17, 15) is 4.79 Å². The lowest BCUT2D eigenvalue weighted by atomic mass is 9.94. The van der Waals surface area contributed by atoms with Crippen LogP contribution in [0.5, 0.6) is 0 Å². The molecule has 0 spiro atoms. The Labute approximate surface area is 126 Å². The summed E-state index contributed by atoms with van der Waals surface area (Å²) >= 11 is 0. The molecule has 1 aromatic rings. The van der Waals surface area contributed by atoms with Gasteiger partial charge in [0.2, 0.25) is 0 Å². The Morgan fingerprint density at radius 1 is 1.14 bits per heavy atom. The summed E-state index contributed by atoms with van der Waals surface area (Å²) in [6.07, 6.45) is 7.33. The third-order valence-corrected chi connectivity index (χ3v) is 5.50. The van der Waals surface area contributed by atoms with Crippen molar-refractivity contribution in [2.24, 2.45) is 5.92 Å². The fourth-order valence-electron chi connectivity index (χ4n) is 4.28. The minimum absolute atomic E-state index is 0.122. The van der Waals surface area contributed by atoms with Crippen LogP contribution in [0.15, 0.2) is 18.2 Å². The zero-order valence-electron chi connectivity index (χ0n) is 12.6. The van der Waals surface area contributed by atoms with E-state index >= 15 is 0 Å². The Bertz CT molecular complexity index is 532. The Balaban J connectivity index is 1.45. The molecule has 0 unspecified atom stereocenters. The van der Waals surface area contributed by atoms with E-state index in [-0.39, 0.29) is 5.91 Å². The maximum Gasteiger partial charge on any atom is 0.251 e. The number of amides is 1. The van der Waals surface area contributed by atoms with Crippen molar-refractivity contribution in [1.82, 2.24) is 10.2 Å². The minimum Gasteiger partial charge on any atom is -0.348 e. The summed E-state index contributed by atoms with van der Waals surface area (Å²) < 4.78 is 0. The molecular formula is C18H24N2O. The lowest BCUT2D eigenvalue weighted by Crippen LogP contribution is -2.42. The molecule has 5 rings (SSSR count). The van der Waals surface area contributed by atoms with Gasteiger partial charge in [-0.3, -0.25) is 4.79 Å². The van der Waals surface area contributed by atoms with Crippen molar-refractivity contribution in [2.75, 3.05) is 19.6 Å². The van der Waals surface area contributed by atoms with Crippen LogP contribution in [0.25, 0.3) is 0 Å². The van der Waals surface area contributed by atoms with E-state index in [2.05, 4.69) is 22.3 Å². The van der Waals surface area contributed by atoms with E-state index in [4.69, 9.17) is 0 Å². The highest BCUT2D eigenvalue weighted by Crippen LogP contribution is 2.27. The molecule has 1 aromatic carbocycles. The first kappa shape index (κ1) is 13.3. The van der Waals surface area contributed by atoms with Gasteiger partial charge in [-0.25, -0.2) is 0 Å². The molecule has 0 radical (unpaired) electrons. The van der Waals surface area contributed by atoms with Gasteiger partial charge in [-0.05, 0) is 80.8 Å². The van der Waals surface area contributed by atoms with Crippen LogP contribution in [-0.2, 0) is 12.8 Å². The second-order valence-electron chi connectivity index (χ2n) is 6.99. The van der Waals surface area contributed by atoms with E-state index in [0.717, 1.165) is 30.9 Å². The molecule has 3 heterocycles. The topological polar surface area (TPSA) is 32.3 Å². The van der Waals surface area contributed by atoms with Crippen molar-refractivity contribution < 1.29 is 4.79 Å². The van der Waals surface area contributed by atoms with E-state index in [1.165, 1.54) is 49.9 Å². The monoisotopic (exact) mass is 284 g/mol. The van der Waals surface area contributed by atoms with Gasteiger partial charge >= 0.3 is 0 Å². The summed E-state index contributed by atoms with van der Waals surface area (Å²) in [7, 11) is 0. The average molecular weight is 284 g/mol. The van der Waals surface area contributed by atoms with Crippen molar-refractivity contribution in [1.29, 1.82) is 0 Å². The standard InChI is InChI=1S/C18H24N2O/c21-18(16-5-4-14-2-1-3-15(14)11-16)19-17-10-13-6-8-20(12-17)9-7-13/h4-5,11,13,17H,1-3,6-10,12H2,(H,19,21)/t17-/m1/s1. The Morgan fingerprint density at radius 3 is 2.81 bits per heavy atom. The number of piperidine rings is 1. The first-order chi connectivity index (χ1) is 10.3. The number of carbonyl (C=O) groups excluding carboxylic acids is 1. The smallest absolute Gasteiger partial charge is 0.251 e. The van der Waals surface area contributed by atoms with Gasteiger partial charge in [-0.2, -0.15) is 0 Å². The molecule has 112 valence electrons. The zero-order valence-corrected chi connectivity index (χ0v) is 12.6. The SMILES string of the molecule is O=C(N[C@@H]1CC2CCN(CC2)C1)c1ccc2c(c1)CCC2. The predicted octanol–water partition coefficient (Wildman–Crippen LogP) is 2.39. The number of benzene rings is 1. The molecule has 3 nitrogen and oxygen atoms in total. The maximum atomic E-state index is 12.5. The molecule has 3 saturated heterocycles. The van der Waals surface area contributed by atoms with Crippen molar-refractivity contribution in [3.05, 3.63) is 34.9 Å². The molecule has 4 aliphatic rings. The summed E-state index contributed by atoms with van der Waals surface area (Å²) in [6.45, 7) is 3.47. The van der Waals surface area contributed by atoms with Gasteiger partial charge in [0.15, 0.2) is 0 Å². The van der Waals surface area contributed by atoms with Gasteiger partial charge in [-0.1, -0.05) is 6.07 Å². The van der Waals surface area contributed by atoms with Crippen molar-refractivity contribution in [3.8, 4) is 0 Å². The number of rotatable bonds is 2. The number of carbonyl (C=O) groups is 1. The molecular weight excluding hydrogens is 260 g/mol. The normalized spacial score (nSPS) is 30.8. The minimum atomic E-state index is 0.122. The number of fused-ring (bicyclic) bond motifs is 5. The fraction of sp³-hybridized carbons (Fsp3) is 0.611. The Kier molecular flexibility index (Phi) is 3.46. The number of aryl methyl sites for hydroxylation is 2. The number of nitrogens with zero attached hydrogens (tertiary/aromatic N) is 1. The van der Waals surface area contributed by atoms with Crippen LogP contribution in [0.3, 0.4) is 0 Å². The molecule has 1 amide bonds. The highest BCUT2D eigenvalue weighted by molar-refractivity contribution is 5.94. The van der Waals surface area contributed by atoms with Crippen LogP contribution >= 0.6 is 0 Å². The average Bonchev–Trinajstić information content (AvgIpc) is 2.78. The van der Waals surface area contributed by atoms with Crippen LogP contribution in [0, 0.1) is 5.92 Å². The molecule has 1 aliphatic carbocycles. The summed E-state index contributed by atoms with van der Waals surface area (Å²) in [4.78, 5) is 15.0. The van der Waals surface area contributed by atoms with Gasteiger partial charge in [0.25, 0.3) is 5.91 Å². The highest BCUT2D eigenvalue weighted by atomic mass is 16.1. The number of hydrogen-bond donors (Lipinski definition) is 1. The molecule has 2 bridgehead atoms. The van der Waals surface area contributed by atoms with Gasteiger partial charge in [-0.15, -0.1) is 0 Å². The van der Waals surface area contributed by atoms with Crippen LogP contribution < -0.4 is 5.32 Å². The molecule has 3 aliphatic heterocycles. The second kappa shape index (κ2) is 5.45. The molecule has 0 saturated carbocycles. The van der Waals surface area contributed by atoms with Crippen LogP contribution in [-0.4, -0.2) is 36.5 Å². The van der Waals surface area contributed by atoms with Gasteiger partial charge in [0.05, 0.1) is 0 Å². The Morgan fingerprint density at radius 2 is 1.95 bits per heavy atom. The first-order valence-corrected chi connectivity index (χ1v) is 8.43. The quantitative estimate of drug-likeness (QED) is 0.904. The molecule has 0 aromatic heterocycles. The third-order valence-electron chi connectivity index (χ3n) is 5.50. The van der Waals surface area contributed by atoms with Gasteiger partial charge in [0.1, 0.15) is 0 Å². The summed E-state index contributed by atoms with van der Waals surface area (Å²) in [5.74, 6) is 0.936. The third kappa shape index (κ3) is 2.71. The fourth-order valence-corrected chi connectivity index (χ4v) is 4.28. The second-order valence-corrected chi connectivity index (χ2v) is 6.99. The summed E-state index contributed by atoms with van der Waals surface area (Å²) in [6, 6.07) is 6.60. The molecule has 3 heteroatoms. The van der Waals surface area contributed by atoms with E-state index in [1.807, 2.05) is 6.07 Å². The molecule has 3 fully saturated rings. The van der Waals surface area contributed by atoms with Crippen LogP contribution in [0.2, 0.25) is 0 Å². The highest BCUT2D eigenvalue weighted by Gasteiger charge is 2.30. The van der Waals surface area contributed by atoms with E-state index < -0.39 is 0 Å². The Hall–Kier alpha value is -1.35. The number of hydrogen-bond acceptors (Lipinski definition) is 2. The van der Waals surface area contributed by atoms with Crippen molar-refractivity contribution in [3.63, 3.8) is 0 Å². The summed E-state index contributed by atoms with van der Waals surface area (Å²) in [5, 5.41) is 3.29. The van der Waals surface area contributed by atoms with Crippen LogP contribution in [0.1, 0.15) is 47.2 Å². The van der Waals surface area contributed by atoms with Gasteiger partial charge < -0.3 is 10.2 Å². The molecule has 1 atom stereocenters. The predicted molar refractivity (Wildman–Crippen MR) is 83.5 cm³/mol. The van der Waals surface area contributed by atoms with Gasteiger partial charge in [0, 0.05) is 18.2 Å². The van der Waals surface area contributed by atoms with Crippen molar-refractivity contribution in [2.45, 2.75) is 44.6 Å². The van der Waals surface area contributed by atoms with Crippen LogP contribution in [0.4, 0.5) is 0 Å². The lowest BCUT2D eigenvalue weighted by molar-refractivity contribution is 0.0928. The lowest BCUT2D eigenvalue weighted by Gasteiger charge is -2.26. The van der Waals surface area contributed by atoms with E-state index in [0.29, 0.717) is 6.04 Å². The largest absolute Gasteiger partial charge is 0.348 e. The van der Waals surface area contributed by atoms with Crippen molar-refractivity contribution >= 4 is 5.91 Å². The maximum absolute atomic E-state index is 12.5. The molecule has 21 heavy (non-hydrogen) atoms. The van der Waals surface area contributed by atoms with E-state index in [1.54, 1.807) is 0 Å². The summed E-state index contributed by atoms with van der Waals surface area (Å²) in [5.41, 5.74) is 3.67.